The second-order valence-corrected chi connectivity index (χ2v) is 28.1. The van der Waals surface area contributed by atoms with Crippen LogP contribution in [-0.2, 0) is 35.1 Å². The van der Waals surface area contributed by atoms with Crippen molar-refractivity contribution in [1.82, 2.24) is 44.4 Å². The molecule has 32 heteroatoms. The van der Waals surface area contributed by atoms with Crippen LogP contribution in [0.5, 0.6) is 0 Å². The molecule has 0 aliphatic rings. The fourth-order valence-corrected chi connectivity index (χ4v) is 13.3. The summed E-state index contributed by atoms with van der Waals surface area (Å²) < 4.78 is 156. The van der Waals surface area contributed by atoms with Crippen LogP contribution in [0.15, 0.2) is 207 Å². The van der Waals surface area contributed by atoms with Gasteiger partial charge in [0.15, 0.2) is 0 Å². The van der Waals surface area contributed by atoms with Crippen LogP contribution < -0.4 is 27.4 Å². The molecule has 9 aromatic carbocycles. The number of alkyl halides is 9. The van der Waals surface area contributed by atoms with Gasteiger partial charge < -0.3 is 24.5 Å². The van der Waals surface area contributed by atoms with Gasteiger partial charge in [-0.05, 0) is 140 Å². The second kappa shape index (κ2) is 29.2. The summed E-state index contributed by atoms with van der Waals surface area (Å²) in [5, 5.41) is 8.03. The molecule has 0 saturated carbocycles. The van der Waals surface area contributed by atoms with E-state index in [9.17, 15) is 71.5 Å². The van der Waals surface area contributed by atoms with Crippen LogP contribution >= 0.6 is 71.0 Å². The summed E-state index contributed by atoms with van der Waals surface area (Å²) in [7, 11) is -4.03. The fraction of sp³-hybridized carbons (Fsp3) is 0.0986. The van der Waals surface area contributed by atoms with Crippen molar-refractivity contribution in [2.75, 3.05) is 0 Å². The number of primary sulfonamides is 1. The van der Waals surface area contributed by atoms with Crippen molar-refractivity contribution in [3.63, 3.8) is 0 Å². The largest absolute Gasteiger partial charge is 0.416 e. The molecular weight excluding hydrogens is 1620 g/mol. The molecule has 0 aliphatic heterocycles. The topological polar surface area (TPSA) is 248 Å². The zero-order valence-corrected chi connectivity index (χ0v) is 59.8. The molecule has 0 amide bonds. The van der Waals surface area contributed by atoms with Gasteiger partial charge in [0, 0.05) is 53.8 Å². The van der Waals surface area contributed by atoms with Crippen LogP contribution in [0.4, 0.5) is 43.9 Å². The average molecular weight is 1670 g/mol. The molecule has 14 aromatic rings. The number of halogens is 15. The first-order valence-corrected chi connectivity index (χ1v) is 34.5. The third-order valence-electron chi connectivity index (χ3n) is 15.8. The molecule has 0 spiro atoms. The highest BCUT2D eigenvalue weighted by Crippen LogP contribution is 2.40. The van der Waals surface area contributed by atoms with E-state index in [4.69, 9.17) is 33.3 Å². The van der Waals surface area contributed by atoms with Gasteiger partial charge in [-0.2, -0.15) is 39.5 Å². The number of para-hydroxylation sites is 2. The molecule has 0 radical (unpaired) electrons. The van der Waals surface area contributed by atoms with Gasteiger partial charge in [0.1, 0.15) is 34.6 Å². The number of hydrogen-bond donors (Lipinski definition) is 5. The lowest BCUT2D eigenvalue weighted by atomic mass is 10.1. The van der Waals surface area contributed by atoms with Gasteiger partial charge in [-0.1, -0.05) is 138 Å². The van der Waals surface area contributed by atoms with Crippen molar-refractivity contribution in [1.29, 1.82) is 0 Å². The zero-order chi connectivity index (χ0) is 74.5. The Labute approximate surface area is 609 Å². The van der Waals surface area contributed by atoms with E-state index in [0.29, 0.717) is 44.2 Å². The summed E-state index contributed by atoms with van der Waals surface area (Å²) in [6, 6.07) is 40.0. The van der Waals surface area contributed by atoms with Crippen LogP contribution in [0.3, 0.4) is 0 Å². The lowest BCUT2D eigenvalue weighted by Crippen LogP contribution is -2.14. The highest BCUT2D eigenvalue weighted by Gasteiger charge is 2.34. The van der Waals surface area contributed by atoms with Crippen LogP contribution in [0.2, 0.25) is 10.0 Å². The van der Waals surface area contributed by atoms with Gasteiger partial charge in [0.2, 0.25) is 10.0 Å². The minimum Gasteiger partial charge on any atom is -0.341 e. The molecule has 103 heavy (non-hydrogen) atoms. The van der Waals surface area contributed by atoms with E-state index in [0.717, 1.165) is 93.3 Å². The number of benzene rings is 9. The van der Waals surface area contributed by atoms with Crippen LogP contribution in [-0.4, -0.2) is 52.9 Å². The smallest absolute Gasteiger partial charge is 0.341 e. The third kappa shape index (κ3) is 16.5. The normalized spacial score (nSPS) is 11.9. The lowest BCUT2D eigenvalue weighted by Gasteiger charge is -2.11. The maximum atomic E-state index is 13.8. The van der Waals surface area contributed by atoms with E-state index in [1.807, 2.05) is 61.7 Å². The first-order chi connectivity index (χ1) is 48.4. The second-order valence-electron chi connectivity index (χ2n) is 23.0. The number of nitrogens with one attached hydrogen (secondary N) is 4. The number of nitrogens with zero attached hydrogens (tertiary/aromatic N) is 5. The number of aryl methyl sites for hydroxylation is 3. The number of H-pyrrole nitrogens is 4. The van der Waals surface area contributed by atoms with Gasteiger partial charge >= 0.3 is 18.5 Å². The molecule has 5 aromatic heterocycles. The summed E-state index contributed by atoms with van der Waals surface area (Å²) >= 11 is 22.0. The van der Waals surface area contributed by atoms with E-state index in [1.165, 1.54) is 36.4 Å². The summed E-state index contributed by atoms with van der Waals surface area (Å²) in [5.41, 5.74) is 2.03. The Morgan fingerprint density at radius 1 is 0.476 bits per heavy atom. The van der Waals surface area contributed by atoms with Crippen molar-refractivity contribution in [2.45, 2.75) is 50.7 Å². The van der Waals surface area contributed by atoms with Crippen molar-refractivity contribution in [3.8, 4) is 45.6 Å². The van der Waals surface area contributed by atoms with Crippen LogP contribution in [0.25, 0.3) is 100 Å². The van der Waals surface area contributed by atoms with E-state index < -0.39 is 62.2 Å². The van der Waals surface area contributed by atoms with Crippen molar-refractivity contribution < 1.29 is 52.3 Å². The molecule has 0 fully saturated rings. The molecule has 6 N–H and O–H groups in total. The van der Waals surface area contributed by atoms with Gasteiger partial charge in [0.25, 0.3) is 22.2 Å². The Kier molecular flexibility index (Phi) is 21.1. The number of rotatable bonds is 7. The minimum absolute atomic E-state index is 0.00621. The monoisotopic (exact) mass is 1660 g/mol. The first kappa shape index (κ1) is 74.5. The summed E-state index contributed by atoms with van der Waals surface area (Å²) in [4.78, 5) is 76.5. The van der Waals surface area contributed by atoms with Crippen LogP contribution in [0.1, 0.15) is 38.9 Å². The highest BCUT2D eigenvalue weighted by molar-refractivity contribution is 9.11. The standard InChI is InChI=1S/C24H17Cl2N3O.C17H12BrF3N2O.C15H7BrF4N2O.C15H9BrF3N3O3S/c1-14-6-5-9-17-21(14)27-23(28-24(17)30)18-13-29(12-15-7-3-2-4-8-15)22-16(18)10-11-19(25)20(22)26;1-8-3-4-9(2)14-13(8)16(24)23-15(22-14)10-5-11(17(19,20)21)7-12(18)6-10;16-9-5-7(4-8(6-9)15(18,19)20)13-21-12-10(14(23)22-13)2-1-3-11(12)17;16-9-4-7(3-8(5-9)15(17,18)19)13-21-12-6-10(26(20,24)25)1-2-11(12)14(23)22-13/h2-11,13H,12H2,1H3,(H,27,28,30);3-7H,1-2H3,(H,22,23,24);1-6H,(H,21,22,23);1-6H,(H2,20,24,25)(H,21,22,23). The van der Waals surface area contributed by atoms with E-state index in [-0.39, 0.29) is 85.4 Å². The lowest BCUT2D eigenvalue weighted by molar-refractivity contribution is -0.138. The maximum Gasteiger partial charge on any atom is 0.416 e. The first-order valence-electron chi connectivity index (χ1n) is 29.8. The SMILES string of the molecule is Cc1ccc(C)c2c(=O)[nH]c(-c3cc(Br)cc(C(F)(F)F)c3)nc12.Cc1cccc2c(=O)[nH]c(-c3cn(Cc4ccccc4)c4c(Cl)c(Cl)ccc34)nc12.NS(=O)(=O)c1ccc2c(=O)[nH]c(-c3cc(Br)cc(C(F)(F)F)c3)nc2c1.O=c1[nH]c(-c2cc(Br)cc(C(F)(F)F)c2)nc2c(F)cccc12. The number of aromatic nitrogens is 9. The third-order valence-corrected chi connectivity index (χ3v) is 18.9. The number of fused-ring (bicyclic) bond motifs is 5. The van der Waals surface area contributed by atoms with Gasteiger partial charge in [0.05, 0.1) is 75.2 Å². The van der Waals surface area contributed by atoms with Crippen molar-refractivity contribution in [3.05, 3.63) is 280 Å². The molecule has 14 rings (SSSR count). The number of nitrogens with two attached hydrogens (primary N) is 1. The zero-order valence-electron chi connectivity index (χ0n) is 52.7. The maximum absolute atomic E-state index is 13.8. The number of hydrogen-bond acceptors (Lipinski definition) is 10. The van der Waals surface area contributed by atoms with Gasteiger partial charge in [-0.3, -0.25) is 19.2 Å². The van der Waals surface area contributed by atoms with Crippen molar-refractivity contribution in [2.24, 2.45) is 5.14 Å². The highest BCUT2D eigenvalue weighted by atomic mass is 79.9. The van der Waals surface area contributed by atoms with Crippen LogP contribution in [0, 0.1) is 26.6 Å². The number of aromatic amines is 4. The molecule has 0 atom stereocenters. The average Bonchev–Trinajstić information content (AvgIpc) is 1.71. The Morgan fingerprint density at radius 2 is 0.932 bits per heavy atom. The number of sulfonamides is 1. The quantitative estimate of drug-likeness (QED) is 0.0944. The summed E-state index contributed by atoms with van der Waals surface area (Å²) in [5.74, 6) is -0.383. The Morgan fingerprint density at radius 3 is 1.48 bits per heavy atom. The summed E-state index contributed by atoms with van der Waals surface area (Å²) in [6.07, 6.45) is -11.7. The minimum atomic E-state index is -4.59. The van der Waals surface area contributed by atoms with Gasteiger partial charge in [-0.25, -0.2) is 37.9 Å². The molecule has 0 saturated heterocycles. The van der Waals surface area contributed by atoms with Gasteiger partial charge in [-0.15, -0.1) is 0 Å². The Bertz CT molecular complexity index is 6120. The van der Waals surface area contributed by atoms with E-state index >= 15 is 0 Å². The molecular formula is C71H45Br3Cl2F10N10O6S. The molecule has 5 heterocycles. The molecule has 526 valence electrons. The molecule has 16 nitrogen and oxygen atoms in total. The Hall–Kier alpha value is -9.69. The Balaban J connectivity index is 0.000000139. The molecule has 0 unspecified atom stereocenters. The predicted octanol–water partition coefficient (Wildman–Crippen LogP) is 18.7. The fourth-order valence-electron chi connectivity index (χ4n) is 10.9. The van der Waals surface area contributed by atoms with E-state index in [2.05, 4.69) is 99.4 Å². The predicted molar refractivity (Wildman–Crippen MR) is 386 cm³/mol. The van der Waals surface area contributed by atoms with Crippen molar-refractivity contribution >= 4 is 136 Å². The molecule has 0 aliphatic carbocycles. The summed E-state index contributed by atoms with van der Waals surface area (Å²) in [6.45, 7) is 6.17. The molecule has 0 bridgehead atoms. The van der Waals surface area contributed by atoms with E-state index in [1.54, 1.807) is 26.0 Å².